The molecule has 0 saturated carbocycles. The third-order valence-electron chi connectivity index (χ3n) is 2.88. The van der Waals surface area contributed by atoms with Gasteiger partial charge in [-0.3, -0.25) is 0 Å². The van der Waals surface area contributed by atoms with E-state index in [1.807, 2.05) is 54.6 Å². The van der Waals surface area contributed by atoms with Crippen LogP contribution in [0.15, 0.2) is 54.6 Å². The van der Waals surface area contributed by atoms with Crippen molar-refractivity contribution in [1.29, 1.82) is 0 Å². The van der Waals surface area contributed by atoms with Crippen molar-refractivity contribution in [3.05, 3.63) is 54.6 Å². The molecule has 104 valence electrons. The van der Waals surface area contributed by atoms with Gasteiger partial charge in [-0.05, 0) is 18.1 Å². The topological polar surface area (TPSA) is 61.4 Å². The summed E-state index contributed by atoms with van der Waals surface area (Å²) >= 11 is 0. The predicted molar refractivity (Wildman–Crippen MR) is 80.6 cm³/mol. The number of carbonyl (C=O) groups excluding carboxylic acids is 1. The number of benzene rings is 2. The van der Waals surface area contributed by atoms with Gasteiger partial charge in [0, 0.05) is 18.7 Å². The van der Waals surface area contributed by atoms with Gasteiger partial charge in [-0.15, -0.1) is 0 Å². The van der Waals surface area contributed by atoms with Crippen molar-refractivity contribution in [2.45, 2.75) is 6.42 Å². The molecule has 0 fully saturated rings. The van der Waals surface area contributed by atoms with Crippen molar-refractivity contribution in [2.75, 3.05) is 18.5 Å². The van der Waals surface area contributed by atoms with Crippen LogP contribution in [0.4, 0.5) is 10.5 Å². The van der Waals surface area contributed by atoms with E-state index >= 15 is 0 Å². The zero-order valence-electron chi connectivity index (χ0n) is 11.2. The minimum Gasteiger partial charge on any atom is -0.396 e. The van der Waals surface area contributed by atoms with Gasteiger partial charge in [0.1, 0.15) is 0 Å². The van der Waals surface area contributed by atoms with Crippen molar-refractivity contribution in [1.82, 2.24) is 5.32 Å². The Labute approximate surface area is 118 Å². The molecule has 0 bridgehead atoms. The number of aliphatic hydroxyl groups excluding tert-OH is 1. The summed E-state index contributed by atoms with van der Waals surface area (Å²) in [6.07, 6.45) is 0.549. The van der Waals surface area contributed by atoms with Gasteiger partial charge in [-0.2, -0.15) is 0 Å². The second kappa shape index (κ2) is 7.31. The first kappa shape index (κ1) is 14.1. The smallest absolute Gasteiger partial charge is 0.319 e. The quantitative estimate of drug-likeness (QED) is 0.732. The Hall–Kier alpha value is -2.33. The number of rotatable bonds is 5. The van der Waals surface area contributed by atoms with E-state index in [0.29, 0.717) is 13.0 Å². The monoisotopic (exact) mass is 270 g/mol. The molecule has 0 aliphatic carbocycles. The molecule has 0 aliphatic heterocycles. The van der Waals surface area contributed by atoms with E-state index in [4.69, 9.17) is 5.11 Å². The molecule has 2 rings (SSSR count). The van der Waals surface area contributed by atoms with Crippen LogP contribution in [-0.2, 0) is 0 Å². The highest BCUT2D eigenvalue weighted by Gasteiger charge is 2.07. The van der Waals surface area contributed by atoms with Crippen molar-refractivity contribution >= 4 is 11.7 Å². The Morgan fingerprint density at radius 2 is 1.70 bits per heavy atom. The lowest BCUT2D eigenvalue weighted by Gasteiger charge is -2.12. The molecule has 0 atom stereocenters. The van der Waals surface area contributed by atoms with Crippen LogP contribution in [0.2, 0.25) is 0 Å². The van der Waals surface area contributed by atoms with Crippen LogP contribution in [0.25, 0.3) is 11.1 Å². The van der Waals surface area contributed by atoms with Gasteiger partial charge in [0.25, 0.3) is 0 Å². The van der Waals surface area contributed by atoms with Crippen LogP contribution in [-0.4, -0.2) is 24.3 Å². The summed E-state index contributed by atoms with van der Waals surface area (Å²) in [5.41, 5.74) is 2.80. The fourth-order valence-corrected chi connectivity index (χ4v) is 1.91. The Balaban J connectivity index is 2.11. The lowest BCUT2D eigenvalue weighted by molar-refractivity contribution is 0.249. The molecular formula is C16H18N2O2. The molecule has 0 spiro atoms. The molecule has 20 heavy (non-hydrogen) atoms. The van der Waals surface area contributed by atoms with Crippen molar-refractivity contribution < 1.29 is 9.90 Å². The summed E-state index contributed by atoms with van der Waals surface area (Å²) in [5, 5.41) is 14.2. The first-order valence-electron chi connectivity index (χ1n) is 6.61. The summed E-state index contributed by atoms with van der Waals surface area (Å²) < 4.78 is 0. The maximum atomic E-state index is 11.8. The molecule has 0 heterocycles. The Morgan fingerprint density at radius 3 is 2.45 bits per heavy atom. The Morgan fingerprint density at radius 1 is 1.00 bits per heavy atom. The number of nitrogens with one attached hydrogen (secondary N) is 2. The number of amides is 2. The average molecular weight is 270 g/mol. The number of carbonyl (C=O) groups is 1. The summed E-state index contributed by atoms with van der Waals surface area (Å²) in [5.74, 6) is 0. The maximum Gasteiger partial charge on any atom is 0.319 e. The minimum absolute atomic E-state index is 0.0703. The molecule has 4 heteroatoms. The van der Waals surface area contributed by atoms with E-state index < -0.39 is 0 Å². The van der Waals surface area contributed by atoms with E-state index in [1.54, 1.807) is 0 Å². The van der Waals surface area contributed by atoms with Crippen LogP contribution in [0.3, 0.4) is 0 Å². The van der Waals surface area contributed by atoms with E-state index in [0.717, 1.165) is 16.8 Å². The first-order valence-corrected chi connectivity index (χ1v) is 6.61. The molecule has 2 amide bonds. The summed E-state index contributed by atoms with van der Waals surface area (Å²) in [7, 11) is 0. The van der Waals surface area contributed by atoms with Crippen molar-refractivity contribution in [3.8, 4) is 11.1 Å². The number of hydrogen-bond acceptors (Lipinski definition) is 2. The molecule has 2 aromatic carbocycles. The van der Waals surface area contributed by atoms with Gasteiger partial charge in [-0.1, -0.05) is 48.5 Å². The number of aliphatic hydroxyl groups is 1. The first-order chi connectivity index (χ1) is 9.81. The number of anilines is 1. The molecule has 0 aromatic heterocycles. The number of urea groups is 1. The summed E-state index contributed by atoms with van der Waals surface area (Å²) in [4.78, 5) is 11.8. The normalized spacial score (nSPS) is 10.1. The predicted octanol–water partition coefficient (Wildman–Crippen LogP) is 2.86. The minimum atomic E-state index is -0.262. The zero-order chi connectivity index (χ0) is 14.2. The molecule has 3 N–H and O–H groups in total. The third-order valence-corrected chi connectivity index (χ3v) is 2.88. The largest absolute Gasteiger partial charge is 0.396 e. The Kier molecular flexibility index (Phi) is 5.15. The second-order valence-electron chi connectivity index (χ2n) is 4.37. The van der Waals surface area contributed by atoms with Crippen LogP contribution in [0.5, 0.6) is 0 Å². The van der Waals surface area contributed by atoms with Crippen molar-refractivity contribution in [2.24, 2.45) is 0 Å². The van der Waals surface area contributed by atoms with Gasteiger partial charge >= 0.3 is 6.03 Å². The van der Waals surface area contributed by atoms with Gasteiger partial charge < -0.3 is 15.7 Å². The molecule has 0 saturated heterocycles. The standard InChI is InChI=1S/C16H18N2O2/c19-12-6-11-17-16(20)18-15-10-5-4-9-14(15)13-7-2-1-3-8-13/h1-5,7-10,19H,6,11-12H2,(H2,17,18,20). The Bertz CT molecular complexity index is 555. The van der Waals surface area contributed by atoms with E-state index in [9.17, 15) is 4.79 Å². The number of para-hydroxylation sites is 1. The SMILES string of the molecule is O=C(NCCCO)Nc1ccccc1-c1ccccc1. The van der Waals surface area contributed by atoms with Gasteiger partial charge in [0.15, 0.2) is 0 Å². The fourth-order valence-electron chi connectivity index (χ4n) is 1.91. The summed E-state index contributed by atoms with van der Waals surface area (Å²) in [6, 6.07) is 17.3. The van der Waals surface area contributed by atoms with Crippen LogP contribution < -0.4 is 10.6 Å². The molecule has 2 aromatic rings. The zero-order valence-corrected chi connectivity index (χ0v) is 11.2. The van der Waals surface area contributed by atoms with Gasteiger partial charge in [-0.25, -0.2) is 4.79 Å². The lowest BCUT2D eigenvalue weighted by atomic mass is 10.0. The molecule has 0 radical (unpaired) electrons. The second-order valence-corrected chi connectivity index (χ2v) is 4.37. The average Bonchev–Trinajstić information content (AvgIpc) is 2.49. The summed E-state index contributed by atoms with van der Waals surface area (Å²) in [6.45, 7) is 0.525. The van der Waals surface area contributed by atoms with E-state index in [1.165, 1.54) is 0 Å². The molecule has 0 aliphatic rings. The molecule has 4 nitrogen and oxygen atoms in total. The lowest BCUT2D eigenvalue weighted by Crippen LogP contribution is -2.30. The maximum absolute atomic E-state index is 11.8. The fraction of sp³-hybridized carbons (Fsp3) is 0.188. The van der Waals surface area contributed by atoms with Crippen LogP contribution in [0.1, 0.15) is 6.42 Å². The van der Waals surface area contributed by atoms with Crippen molar-refractivity contribution in [3.63, 3.8) is 0 Å². The highest BCUT2D eigenvalue weighted by Crippen LogP contribution is 2.27. The highest BCUT2D eigenvalue weighted by molar-refractivity contribution is 5.94. The molecule has 0 unspecified atom stereocenters. The van der Waals surface area contributed by atoms with Gasteiger partial charge in [0.05, 0.1) is 5.69 Å². The number of hydrogen-bond donors (Lipinski definition) is 3. The highest BCUT2D eigenvalue weighted by atomic mass is 16.3. The van der Waals surface area contributed by atoms with Gasteiger partial charge in [0.2, 0.25) is 0 Å². The molecular weight excluding hydrogens is 252 g/mol. The van der Waals surface area contributed by atoms with Crippen LogP contribution >= 0.6 is 0 Å². The van der Waals surface area contributed by atoms with E-state index in [-0.39, 0.29) is 12.6 Å². The van der Waals surface area contributed by atoms with Crippen LogP contribution in [0, 0.1) is 0 Å². The third kappa shape index (κ3) is 3.83. The van der Waals surface area contributed by atoms with E-state index in [2.05, 4.69) is 10.6 Å².